The van der Waals surface area contributed by atoms with E-state index in [-0.39, 0.29) is 43.2 Å². The number of rotatable bonds is 7. The first-order chi connectivity index (χ1) is 21.3. The molecule has 1 aromatic carbocycles. The molecule has 16 heteroatoms. The van der Waals surface area contributed by atoms with E-state index in [2.05, 4.69) is 10.3 Å². The lowest BCUT2D eigenvalue weighted by molar-refractivity contribution is -0.167. The number of fused-ring (bicyclic) bond motifs is 1. The molecule has 0 bridgehead atoms. The number of pyridine rings is 1. The number of carbonyl (C=O) groups excluding carboxylic acids is 1. The van der Waals surface area contributed by atoms with Crippen molar-refractivity contribution in [3.8, 4) is 5.82 Å². The number of aromatic nitrogens is 3. The minimum absolute atomic E-state index is 0.000509. The molecule has 2 atom stereocenters. The van der Waals surface area contributed by atoms with Crippen LogP contribution < -0.4 is 21.5 Å². The Labute approximate surface area is 252 Å². The van der Waals surface area contributed by atoms with E-state index in [9.17, 15) is 37.5 Å². The lowest BCUT2D eigenvalue weighted by atomic mass is 10.0. The van der Waals surface area contributed by atoms with E-state index in [4.69, 9.17) is 9.47 Å². The first-order valence-corrected chi connectivity index (χ1v) is 13.9. The van der Waals surface area contributed by atoms with E-state index >= 15 is 4.39 Å². The number of carboxylic acid groups (broad SMARTS) is 1. The van der Waals surface area contributed by atoms with Crippen LogP contribution in [-0.4, -0.2) is 75.7 Å². The van der Waals surface area contributed by atoms with Crippen molar-refractivity contribution in [2.45, 2.75) is 44.6 Å². The van der Waals surface area contributed by atoms with Gasteiger partial charge in [-0.05, 0) is 36.2 Å². The summed E-state index contributed by atoms with van der Waals surface area (Å²) >= 11 is 0. The van der Waals surface area contributed by atoms with E-state index in [1.54, 1.807) is 0 Å². The zero-order valence-electron chi connectivity index (χ0n) is 24.2. The largest absolute Gasteiger partial charge is 0.480 e. The van der Waals surface area contributed by atoms with E-state index in [0.717, 1.165) is 15.5 Å². The number of alkyl halides is 3. The maximum atomic E-state index is 15.2. The van der Waals surface area contributed by atoms with Crippen molar-refractivity contribution in [3.63, 3.8) is 0 Å². The fourth-order valence-corrected chi connectivity index (χ4v) is 5.52. The normalized spacial score (nSPS) is 17.5. The van der Waals surface area contributed by atoms with E-state index in [1.807, 2.05) is 0 Å². The molecule has 2 aromatic heterocycles. The number of halogens is 4. The van der Waals surface area contributed by atoms with Gasteiger partial charge in [-0.15, -0.1) is 0 Å². The van der Waals surface area contributed by atoms with Gasteiger partial charge in [0.2, 0.25) is 0 Å². The molecular weight excluding hydrogens is 606 g/mol. The number of ether oxygens (including phenoxy) is 2. The van der Waals surface area contributed by atoms with E-state index in [1.165, 1.54) is 42.9 Å². The highest BCUT2D eigenvalue weighted by Gasteiger charge is 2.45. The van der Waals surface area contributed by atoms with Crippen LogP contribution >= 0.6 is 0 Å². The van der Waals surface area contributed by atoms with Crippen molar-refractivity contribution in [2.75, 3.05) is 31.3 Å². The van der Waals surface area contributed by atoms with Crippen molar-refractivity contribution in [3.05, 3.63) is 85.1 Å². The van der Waals surface area contributed by atoms with Crippen LogP contribution in [0, 0.1) is 12.7 Å². The molecule has 2 aliphatic rings. The Kier molecular flexibility index (Phi) is 8.80. The molecule has 3 aromatic rings. The number of benzene rings is 1. The van der Waals surface area contributed by atoms with Crippen LogP contribution in [0.25, 0.3) is 5.82 Å². The van der Waals surface area contributed by atoms with Crippen molar-refractivity contribution < 1.29 is 41.7 Å². The molecular formula is C29H29F4N5O7. The summed E-state index contributed by atoms with van der Waals surface area (Å²) in [4.78, 5) is 56.2. The maximum absolute atomic E-state index is 15.2. The van der Waals surface area contributed by atoms with Crippen LogP contribution in [0.2, 0.25) is 0 Å². The van der Waals surface area contributed by atoms with Crippen LogP contribution in [0.3, 0.4) is 0 Å². The number of carboxylic acids is 1. The number of aliphatic carboxylic acids is 1. The van der Waals surface area contributed by atoms with Gasteiger partial charge in [0.1, 0.15) is 23.7 Å². The third-order valence-corrected chi connectivity index (χ3v) is 7.84. The van der Waals surface area contributed by atoms with E-state index in [0.29, 0.717) is 29.8 Å². The molecule has 0 radical (unpaired) electrons. The Morgan fingerprint density at radius 3 is 2.58 bits per heavy atom. The summed E-state index contributed by atoms with van der Waals surface area (Å²) in [6.07, 6.45) is -3.27. The molecule has 240 valence electrons. The fraction of sp³-hybridized carbons (Fsp3) is 0.414. The molecule has 1 unspecified atom stereocenters. The summed E-state index contributed by atoms with van der Waals surface area (Å²) in [6.45, 7) is 0.991. The fourth-order valence-electron chi connectivity index (χ4n) is 5.52. The van der Waals surface area contributed by atoms with Gasteiger partial charge in [-0.25, -0.2) is 23.5 Å². The van der Waals surface area contributed by atoms with Gasteiger partial charge in [0.05, 0.1) is 37.6 Å². The molecule has 0 aliphatic carbocycles. The molecule has 0 spiro atoms. The quantitative estimate of drug-likeness (QED) is 0.370. The molecule has 4 heterocycles. The molecule has 2 N–H and O–H groups in total. The van der Waals surface area contributed by atoms with Crippen molar-refractivity contribution in [1.82, 2.24) is 19.4 Å². The number of hydrogen-bond acceptors (Lipinski definition) is 8. The summed E-state index contributed by atoms with van der Waals surface area (Å²) < 4.78 is 68.3. The van der Waals surface area contributed by atoms with Gasteiger partial charge >= 0.3 is 17.8 Å². The first-order valence-electron chi connectivity index (χ1n) is 13.9. The van der Waals surface area contributed by atoms with Crippen LogP contribution in [0.4, 0.5) is 23.2 Å². The van der Waals surface area contributed by atoms with Gasteiger partial charge in [0.15, 0.2) is 0 Å². The Bertz CT molecular complexity index is 1730. The van der Waals surface area contributed by atoms with Crippen molar-refractivity contribution in [1.29, 1.82) is 0 Å². The summed E-state index contributed by atoms with van der Waals surface area (Å²) in [7, 11) is 1.54. The topological polar surface area (TPSA) is 145 Å². The highest BCUT2D eigenvalue weighted by Crippen LogP contribution is 2.33. The zero-order chi connectivity index (χ0) is 32.6. The number of carbonyl (C=O) groups is 2. The monoisotopic (exact) mass is 635 g/mol. The molecule has 12 nitrogen and oxygen atoms in total. The van der Waals surface area contributed by atoms with Gasteiger partial charge < -0.3 is 24.8 Å². The van der Waals surface area contributed by atoms with Crippen LogP contribution in [-0.2, 0) is 40.8 Å². The van der Waals surface area contributed by atoms with Crippen molar-refractivity contribution in [2.24, 2.45) is 7.05 Å². The van der Waals surface area contributed by atoms with Crippen LogP contribution in [0.5, 0.6) is 0 Å². The molecule has 2 aliphatic heterocycles. The highest BCUT2D eigenvalue weighted by molar-refractivity contribution is 5.98. The lowest BCUT2D eigenvalue weighted by Crippen LogP contribution is -2.53. The second-order valence-electron chi connectivity index (χ2n) is 10.7. The van der Waals surface area contributed by atoms with Gasteiger partial charge in [0, 0.05) is 44.0 Å². The second kappa shape index (κ2) is 12.4. The Morgan fingerprint density at radius 1 is 1.18 bits per heavy atom. The van der Waals surface area contributed by atoms with Crippen LogP contribution in [0.1, 0.15) is 32.7 Å². The van der Waals surface area contributed by atoms with Gasteiger partial charge in [-0.1, -0.05) is 6.07 Å². The molecule has 1 fully saturated rings. The number of nitrogens with one attached hydrogen (secondary N) is 1. The summed E-state index contributed by atoms with van der Waals surface area (Å²) in [6, 6.07) is 1.30. The standard InChI is InChI=1S/C29H29F4N5O7/c1-15-9-17(37-6-8-45-14-22(37)29(31,32)33)11-19(30)24(15)25(39)35-20(27(41)42)10-16-3-4-23(34-12-16)38-26(40)18-13-44-7-5-21(18)36(2)28(38)43/h3-4,9,11-12,20,22H,5-8,10,13-14H2,1-2H3,(H,35,39)(H,41,42)/t20?,22-/m1/s1. The summed E-state index contributed by atoms with van der Waals surface area (Å²) in [5, 5.41) is 12.0. The number of aryl methyl sites for hydroxylation is 1. The second-order valence-corrected chi connectivity index (χ2v) is 10.7. The maximum Gasteiger partial charge on any atom is 0.411 e. The average Bonchev–Trinajstić information content (AvgIpc) is 2.99. The third kappa shape index (κ3) is 6.33. The van der Waals surface area contributed by atoms with E-state index < -0.39 is 59.4 Å². The molecule has 1 saturated heterocycles. The third-order valence-electron chi connectivity index (χ3n) is 7.84. The number of hydrogen-bond donors (Lipinski definition) is 2. The van der Waals surface area contributed by atoms with Crippen molar-refractivity contribution >= 4 is 17.6 Å². The van der Waals surface area contributed by atoms with Gasteiger partial charge in [-0.3, -0.25) is 14.2 Å². The Balaban J connectivity index is 1.35. The highest BCUT2D eigenvalue weighted by atomic mass is 19.4. The predicted molar refractivity (Wildman–Crippen MR) is 150 cm³/mol. The summed E-state index contributed by atoms with van der Waals surface area (Å²) in [5.41, 5.74) is -0.545. The Morgan fingerprint density at radius 2 is 1.93 bits per heavy atom. The predicted octanol–water partition coefficient (Wildman–Crippen LogP) is 1.64. The minimum atomic E-state index is -4.64. The summed E-state index contributed by atoms with van der Waals surface area (Å²) in [5.74, 6) is -3.63. The molecule has 1 amide bonds. The Hall–Kier alpha value is -4.57. The average molecular weight is 636 g/mol. The molecule has 0 saturated carbocycles. The zero-order valence-corrected chi connectivity index (χ0v) is 24.2. The minimum Gasteiger partial charge on any atom is -0.480 e. The smallest absolute Gasteiger partial charge is 0.411 e. The SMILES string of the molecule is Cc1cc(N2CCOC[C@@H]2C(F)(F)F)cc(F)c1C(=O)NC(Cc1ccc(-n2c(=O)c3c(n(C)c2=O)CCOC3)nc1)C(=O)O. The lowest BCUT2D eigenvalue weighted by Gasteiger charge is -2.38. The number of amides is 1. The number of morpholine rings is 1. The number of nitrogens with zero attached hydrogens (tertiary/aromatic N) is 4. The first kappa shape index (κ1) is 31.8. The number of anilines is 1. The van der Waals surface area contributed by atoms with Gasteiger partial charge in [-0.2, -0.15) is 13.2 Å². The van der Waals surface area contributed by atoms with Crippen LogP contribution in [0.15, 0.2) is 40.1 Å². The van der Waals surface area contributed by atoms with Gasteiger partial charge in [0.25, 0.3) is 11.5 Å². The molecule has 5 rings (SSSR count). The molecule has 45 heavy (non-hydrogen) atoms.